The van der Waals surface area contributed by atoms with Gasteiger partial charge in [0.1, 0.15) is 11.0 Å². The Kier molecular flexibility index (Phi) is 6.95. The Balaban J connectivity index is 1.79. The lowest BCUT2D eigenvalue weighted by molar-refractivity contribution is -0.127. The van der Waals surface area contributed by atoms with E-state index in [4.69, 9.17) is 9.73 Å². The number of methoxy groups -OCH3 is 1. The highest BCUT2D eigenvalue weighted by molar-refractivity contribution is 8.15. The predicted molar refractivity (Wildman–Crippen MR) is 123 cm³/mol. The fraction of sp³-hybridized carbons (Fsp3) is 0.261. The number of rotatable bonds is 7. The second kappa shape index (κ2) is 9.63. The van der Waals surface area contributed by atoms with Crippen LogP contribution >= 0.6 is 11.8 Å². The van der Waals surface area contributed by atoms with E-state index in [1.165, 1.54) is 11.8 Å². The van der Waals surface area contributed by atoms with Gasteiger partial charge in [-0.25, -0.2) is 4.99 Å². The van der Waals surface area contributed by atoms with Gasteiger partial charge in [-0.1, -0.05) is 48.2 Å². The van der Waals surface area contributed by atoms with Crippen LogP contribution in [0.1, 0.15) is 17.5 Å². The molecule has 2 amide bonds. The Morgan fingerprint density at radius 3 is 2.60 bits per heavy atom. The van der Waals surface area contributed by atoms with Gasteiger partial charge < -0.3 is 10.1 Å². The molecule has 7 heteroatoms. The molecule has 1 saturated heterocycles. The van der Waals surface area contributed by atoms with E-state index in [2.05, 4.69) is 11.9 Å². The molecule has 0 bridgehead atoms. The summed E-state index contributed by atoms with van der Waals surface area (Å²) in [5.74, 6) is 0.180. The molecule has 0 aromatic heterocycles. The Bertz CT molecular complexity index is 983. The molecule has 1 N–H and O–H groups in total. The maximum Gasteiger partial charge on any atom is 0.242 e. The molecule has 2 aromatic carbocycles. The molecule has 0 radical (unpaired) electrons. The van der Waals surface area contributed by atoms with Gasteiger partial charge in [0.2, 0.25) is 11.8 Å². The zero-order chi connectivity index (χ0) is 21.7. The summed E-state index contributed by atoms with van der Waals surface area (Å²) in [6.45, 7) is 8.07. The minimum Gasteiger partial charge on any atom is -0.495 e. The molecule has 1 fully saturated rings. The van der Waals surface area contributed by atoms with Crippen molar-refractivity contribution < 1.29 is 14.3 Å². The number of aliphatic imine (C=N–C) groups is 1. The Hall–Kier alpha value is -3.06. The normalized spacial score (nSPS) is 17.3. The first kappa shape index (κ1) is 21.6. The van der Waals surface area contributed by atoms with Gasteiger partial charge in [0.15, 0.2) is 5.17 Å². The first-order chi connectivity index (χ1) is 14.4. The van der Waals surface area contributed by atoms with Crippen LogP contribution in [0.25, 0.3) is 0 Å². The number of benzene rings is 2. The zero-order valence-corrected chi connectivity index (χ0v) is 18.2. The van der Waals surface area contributed by atoms with Crippen molar-refractivity contribution in [1.29, 1.82) is 0 Å². The topological polar surface area (TPSA) is 71.0 Å². The van der Waals surface area contributed by atoms with Crippen molar-refractivity contribution >= 4 is 40.1 Å². The first-order valence-electron chi connectivity index (χ1n) is 9.61. The number of amides is 2. The van der Waals surface area contributed by atoms with E-state index in [9.17, 15) is 9.59 Å². The highest BCUT2D eigenvalue weighted by atomic mass is 32.2. The van der Waals surface area contributed by atoms with Crippen molar-refractivity contribution in [3.05, 3.63) is 66.2 Å². The molecule has 156 valence electrons. The van der Waals surface area contributed by atoms with E-state index in [1.807, 2.05) is 44.2 Å². The summed E-state index contributed by atoms with van der Waals surface area (Å²) in [5.41, 5.74) is 3.49. The van der Waals surface area contributed by atoms with Crippen LogP contribution in [0.15, 0.2) is 60.1 Å². The predicted octanol–water partition coefficient (Wildman–Crippen LogP) is 4.46. The molecule has 0 aliphatic carbocycles. The fourth-order valence-corrected chi connectivity index (χ4v) is 4.37. The van der Waals surface area contributed by atoms with Crippen molar-refractivity contribution in [1.82, 2.24) is 4.90 Å². The quantitative estimate of drug-likeness (QED) is 0.668. The number of aryl methyl sites for hydroxylation is 2. The van der Waals surface area contributed by atoms with Crippen LogP contribution in [-0.4, -0.2) is 40.8 Å². The Labute approximate surface area is 181 Å². The van der Waals surface area contributed by atoms with E-state index in [0.29, 0.717) is 23.1 Å². The summed E-state index contributed by atoms with van der Waals surface area (Å²) in [6.07, 6.45) is 1.71. The second-order valence-electron chi connectivity index (χ2n) is 6.93. The van der Waals surface area contributed by atoms with Crippen LogP contribution in [0.5, 0.6) is 5.75 Å². The SMILES string of the molecule is C=CCN1C(=O)C(CC(=O)Nc2ccccc2OC)SC1=Nc1c(C)cccc1C. The third-order valence-corrected chi connectivity index (χ3v) is 5.91. The number of amidine groups is 1. The molecule has 30 heavy (non-hydrogen) atoms. The van der Waals surface area contributed by atoms with Gasteiger partial charge in [0.05, 0.1) is 18.5 Å². The number of thioether (sulfide) groups is 1. The molecule has 1 atom stereocenters. The molecule has 1 unspecified atom stereocenters. The largest absolute Gasteiger partial charge is 0.495 e. The van der Waals surface area contributed by atoms with E-state index >= 15 is 0 Å². The van der Waals surface area contributed by atoms with Gasteiger partial charge in [-0.05, 0) is 37.1 Å². The molecular formula is C23H25N3O3S. The van der Waals surface area contributed by atoms with Crippen LogP contribution in [0.3, 0.4) is 0 Å². The molecule has 6 nitrogen and oxygen atoms in total. The second-order valence-corrected chi connectivity index (χ2v) is 8.10. The fourth-order valence-electron chi connectivity index (χ4n) is 3.22. The molecule has 2 aromatic rings. The monoisotopic (exact) mass is 423 g/mol. The summed E-state index contributed by atoms with van der Waals surface area (Å²) in [7, 11) is 1.55. The summed E-state index contributed by atoms with van der Waals surface area (Å²) < 4.78 is 5.27. The van der Waals surface area contributed by atoms with Crippen LogP contribution in [0.2, 0.25) is 0 Å². The van der Waals surface area contributed by atoms with Gasteiger partial charge in [-0.15, -0.1) is 6.58 Å². The first-order valence-corrected chi connectivity index (χ1v) is 10.5. The molecule has 1 aliphatic rings. The van der Waals surface area contributed by atoms with E-state index in [-0.39, 0.29) is 18.2 Å². The molecule has 1 heterocycles. The Morgan fingerprint density at radius 2 is 1.93 bits per heavy atom. The van der Waals surface area contributed by atoms with Crippen molar-refractivity contribution in [3.63, 3.8) is 0 Å². The summed E-state index contributed by atoms with van der Waals surface area (Å²) in [4.78, 5) is 31.9. The average Bonchev–Trinajstić information content (AvgIpc) is 3.00. The smallest absolute Gasteiger partial charge is 0.242 e. The number of carbonyl (C=O) groups is 2. The van der Waals surface area contributed by atoms with Crippen LogP contribution in [0, 0.1) is 13.8 Å². The van der Waals surface area contributed by atoms with Gasteiger partial charge in [0, 0.05) is 13.0 Å². The van der Waals surface area contributed by atoms with Crippen molar-refractivity contribution in [2.24, 2.45) is 4.99 Å². The number of para-hydroxylation sites is 3. The Morgan fingerprint density at radius 1 is 1.23 bits per heavy atom. The molecule has 0 saturated carbocycles. The maximum absolute atomic E-state index is 12.9. The van der Waals surface area contributed by atoms with Gasteiger partial charge in [-0.2, -0.15) is 0 Å². The standard InChI is InChI=1S/C23H25N3O3S/c1-5-13-26-22(28)19(14-20(27)24-17-11-6-7-12-18(17)29-4)30-23(26)25-21-15(2)9-8-10-16(21)3/h5-12,19H,1,13-14H2,2-4H3,(H,24,27). The number of hydrogen-bond acceptors (Lipinski definition) is 5. The minimum absolute atomic E-state index is 0.0426. The third kappa shape index (κ3) is 4.74. The number of anilines is 1. The molecule has 1 aliphatic heterocycles. The van der Waals surface area contributed by atoms with Crippen molar-refractivity contribution in [3.8, 4) is 5.75 Å². The third-order valence-electron chi connectivity index (χ3n) is 4.73. The number of ether oxygens (including phenoxy) is 1. The van der Waals surface area contributed by atoms with Crippen molar-refractivity contribution in [2.45, 2.75) is 25.5 Å². The molecular weight excluding hydrogens is 398 g/mol. The number of carbonyl (C=O) groups excluding carboxylic acids is 2. The lowest BCUT2D eigenvalue weighted by Crippen LogP contribution is -2.33. The molecule has 3 rings (SSSR count). The summed E-state index contributed by atoms with van der Waals surface area (Å²) >= 11 is 1.31. The lowest BCUT2D eigenvalue weighted by atomic mass is 10.1. The lowest BCUT2D eigenvalue weighted by Gasteiger charge is -2.15. The maximum atomic E-state index is 12.9. The van der Waals surface area contributed by atoms with E-state index in [1.54, 1.807) is 30.2 Å². The van der Waals surface area contributed by atoms with E-state index in [0.717, 1.165) is 16.8 Å². The summed E-state index contributed by atoms with van der Waals surface area (Å²) in [5, 5.41) is 2.88. The van der Waals surface area contributed by atoms with Crippen LogP contribution in [-0.2, 0) is 9.59 Å². The molecule has 0 spiro atoms. The van der Waals surface area contributed by atoms with Crippen molar-refractivity contribution in [2.75, 3.05) is 19.0 Å². The van der Waals surface area contributed by atoms with E-state index < -0.39 is 5.25 Å². The number of hydrogen-bond donors (Lipinski definition) is 1. The van der Waals surface area contributed by atoms with Gasteiger partial charge in [-0.3, -0.25) is 14.5 Å². The van der Waals surface area contributed by atoms with Gasteiger partial charge >= 0.3 is 0 Å². The number of nitrogens with zero attached hydrogens (tertiary/aromatic N) is 2. The van der Waals surface area contributed by atoms with Crippen LogP contribution in [0.4, 0.5) is 11.4 Å². The number of nitrogens with one attached hydrogen (secondary N) is 1. The highest BCUT2D eigenvalue weighted by Crippen LogP contribution is 2.34. The zero-order valence-electron chi connectivity index (χ0n) is 17.3. The summed E-state index contributed by atoms with van der Waals surface area (Å²) in [6, 6.07) is 13.1. The van der Waals surface area contributed by atoms with Crippen LogP contribution < -0.4 is 10.1 Å². The average molecular weight is 424 g/mol. The highest BCUT2D eigenvalue weighted by Gasteiger charge is 2.38. The van der Waals surface area contributed by atoms with Gasteiger partial charge in [0.25, 0.3) is 0 Å². The minimum atomic E-state index is -0.539.